The number of nitrogens with zero attached hydrogens (tertiary/aromatic N) is 2. The van der Waals surface area contributed by atoms with Gasteiger partial charge in [0.15, 0.2) is 0 Å². The van der Waals surface area contributed by atoms with Gasteiger partial charge in [0.1, 0.15) is 5.82 Å². The van der Waals surface area contributed by atoms with Crippen molar-refractivity contribution in [3.8, 4) is 0 Å². The van der Waals surface area contributed by atoms with Crippen molar-refractivity contribution in [2.75, 3.05) is 12.4 Å². The molecule has 1 aliphatic carbocycles. The van der Waals surface area contributed by atoms with Crippen molar-refractivity contribution in [3.63, 3.8) is 0 Å². The zero-order valence-corrected chi connectivity index (χ0v) is 22.9. The Morgan fingerprint density at radius 1 is 0.974 bits per heavy atom. The molecule has 5 rings (SSSR count). The van der Waals surface area contributed by atoms with Crippen molar-refractivity contribution in [2.45, 2.75) is 43.7 Å². The summed E-state index contributed by atoms with van der Waals surface area (Å²) >= 11 is 0. The lowest BCUT2D eigenvalue weighted by atomic mass is 10.1. The first-order chi connectivity index (χ1) is 18.8. The van der Waals surface area contributed by atoms with Crippen LogP contribution >= 0.6 is 0 Å². The summed E-state index contributed by atoms with van der Waals surface area (Å²) in [4.78, 5) is 19.7. The highest BCUT2D eigenvalue weighted by Crippen LogP contribution is 2.35. The number of benzene rings is 3. The minimum Gasteiger partial charge on any atom is -0.340 e. The fraction of sp³-hybridized carbons (Fsp3) is 0.226. The number of sulfonamides is 1. The molecule has 1 unspecified atom stereocenters. The molecule has 2 N–H and O–H groups in total. The first-order valence-electron chi connectivity index (χ1n) is 13.1. The lowest BCUT2D eigenvalue weighted by Crippen LogP contribution is -2.27. The summed E-state index contributed by atoms with van der Waals surface area (Å²) < 4.78 is 29.1. The Morgan fingerprint density at radius 3 is 2.49 bits per heavy atom. The van der Waals surface area contributed by atoms with E-state index in [0.29, 0.717) is 24.3 Å². The molecule has 0 saturated carbocycles. The van der Waals surface area contributed by atoms with E-state index in [0.717, 1.165) is 40.8 Å². The molecule has 1 aliphatic rings. The van der Waals surface area contributed by atoms with Gasteiger partial charge >= 0.3 is 0 Å². The van der Waals surface area contributed by atoms with Crippen molar-refractivity contribution in [1.29, 1.82) is 0 Å². The van der Waals surface area contributed by atoms with Gasteiger partial charge < -0.3 is 10.2 Å². The van der Waals surface area contributed by atoms with Crippen LogP contribution in [0.5, 0.6) is 0 Å². The molecule has 0 saturated heterocycles. The average Bonchev–Trinajstić information content (AvgIpc) is 3.34. The normalized spacial score (nSPS) is 14.6. The fourth-order valence-corrected chi connectivity index (χ4v) is 6.16. The number of amides is 1. The molecule has 1 aromatic heterocycles. The summed E-state index contributed by atoms with van der Waals surface area (Å²) in [5, 5.41) is 3.29. The Kier molecular flexibility index (Phi) is 7.77. The second-order valence-electron chi connectivity index (χ2n) is 9.80. The van der Waals surface area contributed by atoms with Crippen LogP contribution in [-0.2, 0) is 29.4 Å². The average molecular weight is 541 g/mol. The van der Waals surface area contributed by atoms with E-state index in [9.17, 15) is 13.2 Å². The van der Waals surface area contributed by atoms with Gasteiger partial charge in [-0.3, -0.25) is 4.79 Å². The molecule has 0 spiro atoms. The highest BCUT2D eigenvalue weighted by molar-refractivity contribution is 7.89. The molecule has 1 atom stereocenters. The number of aromatic nitrogens is 1. The number of hydrogen-bond acceptors (Lipinski definition) is 5. The molecule has 39 heavy (non-hydrogen) atoms. The van der Waals surface area contributed by atoms with Crippen LogP contribution in [0.25, 0.3) is 0 Å². The van der Waals surface area contributed by atoms with Crippen LogP contribution < -0.4 is 10.0 Å². The van der Waals surface area contributed by atoms with Gasteiger partial charge in [-0.1, -0.05) is 55.5 Å². The first-order valence-corrected chi connectivity index (χ1v) is 14.6. The van der Waals surface area contributed by atoms with E-state index in [-0.39, 0.29) is 16.8 Å². The topological polar surface area (TPSA) is 91.4 Å². The summed E-state index contributed by atoms with van der Waals surface area (Å²) in [6.45, 7) is 2.52. The molecule has 0 fully saturated rings. The molecule has 8 heteroatoms. The van der Waals surface area contributed by atoms with Crippen molar-refractivity contribution in [2.24, 2.45) is 0 Å². The maximum Gasteiger partial charge on any atom is 0.257 e. The number of carbonyl (C=O) groups is 1. The molecule has 0 bridgehead atoms. The summed E-state index contributed by atoms with van der Waals surface area (Å²) in [7, 11) is -1.90. The Morgan fingerprint density at radius 2 is 1.74 bits per heavy atom. The van der Waals surface area contributed by atoms with Gasteiger partial charge in [0.05, 0.1) is 10.5 Å². The maximum atomic E-state index is 13.3. The number of aryl methyl sites for hydroxylation is 2. The number of fused-ring (bicyclic) bond motifs is 1. The van der Waals surface area contributed by atoms with Crippen molar-refractivity contribution in [1.82, 2.24) is 14.6 Å². The summed E-state index contributed by atoms with van der Waals surface area (Å²) in [5.74, 6) is 0.309. The summed E-state index contributed by atoms with van der Waals surface area (Å²) in [5.41, 5.74) is 5.37. The van der Waals surface area contributed by atoms with Gasteiger partial charge in [-0.15, -0.1) is 0 Å². The lowest BCUT2D eigenvalue weighted by Gasteiger charge is -2.20. The van der Waals surface area contributed by atoms with Crippen LogP contribution in [0.15, 0.2) is 96.0 Å². The van der Waals surface area contributed by atoms with Gasteiger partial charge in [-0.2, -0.15) is 0 Å². The number of nitrogens with one attached hydrogen (secondary N) is 2. The SMILES string of the molecule is CCc1ccc(S(=O)(=O)NC2CCc3ccc(Nc4ncccc4C(=O)N(C)Cc4ccccc4)cc32)cc1. The fourth-order valence-electron chi connectivity index (χ4n) is 4.91. The van der Waals surface area contributed by atoms with Gasteiger partial charge in [0, 0.05) is 31.5 Å². The van der Waals surface area contributed by atoms with Crippen LogP contribution in [0.4, 0.5) is 11.5 Å². The Balaban J connectivity index is 1.34. The number of anilines is 2. The van der Waals surface area contributed by atoms with Crippen LogP contribution in [0.2, 0.25) is 0 Å². The summed E-state index contributed by atoms with van der Waals surface area (Å²) in [6.07, 6.45) is 3.97. The van der Waals surface area contributed by atoms with Crippen LogP contribution in [-0.4, -0.2) is 31.3 Å². The van der Waals surface area contributed by atoms with Crippen LogP contribution in [0, 0.1) is 0 Å². The first kappa shape index (κ1) is 26.6. The largest absolute Gasteiger partial charge is 0.340 e. The monoisotopic (exact) mass is 540 g/mol. The van der Waals surface area contributed by atoms with E-state index < -0.39 is 10.0 Å². The molecule has 200 valence electrons. The van der Waals surface area contributed by atoms with Gasteiger partial charge in [-0.25, -0.2) is 18.1 Å². The lowest BCUT2D eigenvalue weighted by molar-refractivity contribution is 0.0785. The smallest absolute Gasteiger partial charge is 0.257 e. The second-order valence-corrected chi connectivity index (χ2v) is 11.5. The third-order valence-electron chi connectivity index (χ3n) is 7.07. The van der Waals surface area contributed by atoms with E-state index in [2.05, 4.69) is 15.0 Å². The third kappa shape index (κ3) is 6.02. The molecule has 1 heterocycles. The second kappa shape index (κ2) is 11.4. The van der Waals surface area contributed by atoms with E-state index in [1.54, 1.807) is 42.4 Å². The number of rotatable bonds is 9. The van der Waals surface area contributed by atoms with E-state index in [4.69, 9.17) is 0 Å². The Hall–Kier alpha value is -4.01. The molecule has 7 nitrogen and oxygen atoms in total. The van der Waals surface area contributed by atoms with Crippen molar-refractivity contribution >= 4 is 27.4 Å². The highest BCUT2D eigenvalue weighted by Gasteiger charge is 2.28. The standard InChI is InChI=1S/C31H32N4O3S/c1-3-22-11-16-26(17-12-22)39(37,38)34-29-18-14-24-13-15-25(20-28(24)29)33-30-27(10-7-19-32-30)31(36)35(2)21-23-8-5-4-6-9-23/h4-13,15-17,19-20,29,34H,3,14,18,21H2,1-2H3,(H,32,33). The molecule has 0 aliphatic heterocycles. The molecule has 3 aromatic carbocycles. The Labute approximate surface area is 230 Å². The maximum absolute atomic E-state index is 13.3. The zero-order valence-electron chi connectivity index (χ0n) is 22.1. The van der Waals surface area contributed by atoms with E-state index in [1.807, 2.05) is 67.6 Å². The van der Waals surface area contributed by atoms with Crippen LogP contribution in [0.3, 0.4) is 0 Å². The quantitative estimate of drug-likeness (QED) is 0.287. The molecule has 4 aromatic rings. The summed E-state index contributed by atoms with van der Waals surface area (Å²) in [6, 6.07) is 25.9. The predicted molar refractivity (Wildman–Crippen MR) is 153 cm³/mol. The molecular weight excluding hydrogens is 508 g/mol. The van der Waals surface area contributed by atoms with Crippen LogP contribution in [0.1, 0.15) is 52.0 Å². The minimum absolute atomic E-state index is 0.143. The number of carbonyl (C=O) groups excluding carboxylic acids is 1. The van der Waals surface area contributed by atoms with Gasteiger partial charge in [0.25, 0.3) is 5.91 Å². The van der Waals surface area contributed by atoms with Gasteiger partial charge in [-0.05, 0) is 77.9 Å². The zero-order chi connectivity index (χ0) is 27.4. The predicted octanol–water partition coefficient (Wildman–Crippen LogP) is 5.63. The third-order valence-corrected chi connectivity index (χ3v) is 8.56. The minimum atomic E-state index is -3.67. The number of hydrogen-bond donors (Lipinski definition) is 2. The Bertz CT molecular complexity index is 1570. The molecule has 1 amide bonds. The van der Waals surface area contributed by atoms with E-state index >= 15 is 0 Å². The van der Waals surface area contributed by atoms with Crippen molar-refractivity contribution in [3.05, 3.63) is 119 Å². The highest BCUT2D eigenvalue weighted by atomic mass is 32.2. The number of pyridine rings is 1. The van der Waals surface area contributed by atoms with Crippen molar-refractivity contribution < 1.29 is 13.2 Å². The van der Waals surface area contributed by atoms with E-state index in [1.165, 1.54) is 0 Å². The molecular formula is C31H32N4O3S. The van der Waals surface area contributed by atoms with Gasteiger partial charge in [0.2, 0.25) is 10.0 Å². The molecule has 0 radical (unpaired) electrons.